The lowest BCUT2D eigenvalue weighted by Crippen LogP contribution is -2.23. The Balaban J connectivity index is 2.80. The molecule has 1 unspecified atom stereocenters. The van der Waals surface area contributed by atoms with Gasteiger partial charge in [0.25, 0.3) is 0 Å². The number of hydrogen-bond donors (Lipinski definition) is 1. The van der Waals surface area contributed by atoms with E-state index in [4.69, 9.17) is 9.47 Å². The first kappa shape index (κ1) is 14.0. The van der Waals surface area contributed by atoms with E-state index in [9.17, 15) is 0 Å². The molecule has 1 aromatic rings. The minimum atomic E-state index is 0.201. The van der Waals surface area contributed by atoms with Crippen LogP contribution in [0, 0.1) is 6.92 Å². The number of aryl methyl sites for hydroxylation is 1. The van der Waals surface area contributed by atoms with Crippen LogP contribution in [0.4, 0.5) is 0 Å². The molecule has 3 heteroatoms. The zero-order valence-electron chi connectivity index (χ0n) is 11.4. The fraction of sp³-hybridized carbons (Fsp3) is 0.571. The van der Waals surface area contributed by atoms with Crippen molar-refractivity contribution in [1.82, 2.24) is 5.32 Å². The molecule has 0 heterocycles. The second-order valence-electron chi connectivity index (χ2n) is 4.45. The number of hydrogen-bond acceptors (Lipinski definition) is 3. The van der Waals surface area contributed by atoms with Crippen molar-refractivity contribution in [3.8, 4) is 5.75 Å². The summed E-state index contributed by atoms with van der Waals surface area (Å²) in [4.78, 5) is 0. The molecule has 17 heavy (non-hydrogen) atoms. The van der Waals surface area contributed by atoms with Gasteiger partial charge in [0.1, 0.15) is 5.75 Å². The highest BCUT2D eigenvalue weighted by Gasteiger charge is 2.12. The van der Waals surface area contributed by atoms with Crippen LogP contribution in [0.3, 0.4) is 0 Å². The van der Waals surface area contributed by atoms with E-state index in [1.807, 2.05) is 27.8 Å². The lowest BCUT2D eigenvalue weighted by molar-refractivity contribution is 0.0626. The summed E-state index contributed by atoms with van der Waals surface area (Å²) in [6, 6.07) is 6.46. The Morgan fingerprint density at radius 2 is 2.00 bits per heavy atom. The third-order valence-electron chi connectivity index (χ3n) is 2.78. The molecular weight excluding hydrogens is 214 g/mol. The summed E-state index contributed by atoms with van der Waals surface area (Å²) in [5.41, 5.74) is 2.34. The highest BCUT2D eigenvalue weighted by atomic mass is 16.5. The van der Waals surface area contributed by atoms with E-state index in [0.29, 0.717) is 6.61 Å². The molecule has 0 aliphatic rings. The molecule has 1 N–H and O–H groups in total. The van der Waals surface area contributed by atoms with Gasteiger partial charge in [-0.3, -0.25) is 0 Å². The van der Waals surface area contributed by atoms with Crippen LogP contribution in [0.2, 0.25) is 0 Å². The molecule has 0 saturated carbocycles. The van der Waals surface area contributed by atoms with Gasteiger partial charge in [0.05, 0.1) is 25.9 Å². The monoisotopic (exact) mass is 237 g/mol. The summed E-state index contributed by atoms with van der Waals surface area (Å²) < 4.78 is 11.0. The second-order valence-corrected chi connectivity index (χ2v) is 4.45. The van der Waals surface area contributed by atoms with Crippen LogP contribution in [0.5, 0.6) is 5.75 Å². The minimum Gasteiger partial charge on any atom is -0.496 e. The van der Waals surface area contributed by atoms with Gasteiger partial charge in [-0.25, -0.2) is 0 Å². The van der Waals surface area contributed by atoms with Crippen LogP contribution in [0.1, 0.15) is 31.0 Å². The van der Waals surface area contributed by atoms with Crippen molar-refractivity contribution in [1.29, 1.82) is 0 Å². The number of rotatable bonds is 6. The molecule has 3 nitrogen and oxygen atoms in total. The van der Waals surface area contributed by atoms with Crippen LogP contribution >= 0.6 is 0 Å². The first-order chi connectivity index (χ1) is 8.08. The number of methoxy groups -OCH3 is 1. The molecule has 0 radical (unpaired) electrons. The molecule has 1 rings (SSSR count). The van der Waals surface area contributed by atoms with Crippen molar-refractivity contribution in [2.75, 3.05) is 20.8 Å². The summed E-state index contributed by atoms with van der Waals surface area (Å²) in [6.45, 7) is 6.80. The molecule has 0 fully saturated rings. The van der Waals surface area contributed by atoms with Crippen LogP contribution in [-0.2, 0) is 4.74 Å². The summed E-state index contributed by atoms with van der Waals surface area (Å²) in [7, 11) is 3.64. The van der Waals surface area contributed by atoms with Gasteiger partial charge < -0.3 is 14.8 Å². The quantitative estimate of drug-likeness (QED) is 0.825. The smallest absolute Gasteiger partial charge is 0.122 e. The summed E-state index contributed by atoms with van der Waals surface area (Å²) in [6.07, 6.45) is 0.248. The van der Waals surface area contributed by atoms with Crippen molar-refractivity contribution in [3.05, 3.63) is 29.3 Å². The number of benzene rings is 1. The molecule has 1 atom stereocenters. The van der Waals surface area contributed by atoms with Crippen LogP contribution in [0.25, 0.3) is 0 Å². The van der Waals surface area contributed by atoms with E-state index in [1.165, 1.54) is 5.56 Å². The maximum absolute atomic E-state index is 5.65. The maximum atomic E-state index is 5.65. The standard InChI is InChI=1S/C14H23NO2/c1-10(2)17-9-13(15-4)12-7-6-11(3)14(8-12)16-5/h6-8,10,13,15H,9H2,1-5H3. The predicted molar refractivity (Wildman–Crippen MR) is 70.6 cm³/mol. The Bertz CT molecular complexity index is 350. The van der Waals surface area contributed by atoms with E-state index in [1.54, 1.807) is 7.11 Å². The summed E-state index contributed by atoms with van der Waals surface area (Å²) in [5, 5.41) is 3.26. The average molecular weight is 237 g/mol. The molecule has 0 spiro atoms. The van der Waals surface area contributed by atoms with Crippen molar-refractivity contribution in [2.24, 2.45) is 0 Å². The minimum absolute atomic E-state index is 0.201. The lowest BCUT2D eigenvalue weighted by atomic mass is 10.0. The van der Waals surface area contributed by atoms with E-state index in [-0.39, 0.29) is 12.1 Å². The zero-order valence-corrected chi connectivity index (χ0v) is 11.4. The predicted octanol–water partition coefficient (Wildman–Crippen LogP) is 2.69. The zero-order chi connectivity index (χ0) is 12.8. The van der Waals surface area contributed by atoms with Gasteiger partial charge in [0.2, 0.25) is 0 Å². The van der Waals surface area contributed by atoms with E-state index < -0.39 is 0 Å². The molecule has 0 bridgehead atoms. The van der Waals surface area contributed by atoms with Gasteiger partial charge in [0.15, 0.2) is 0 Å². The van der Waals surface area contributed by atoms with Gasteiger partial charge in [0, 0.05) is 0 Å². The molecule has 0 amide bonds. The molecular formula is C14H23NO2. The van der Waals surface area contributed by atoms with E-state index >= 15 is 0 Å². The Hall–Kier alpha value is -1.06. The third kappa shape index (κ3) is 4.02. The van der Waals surface area contributed by atoms with Crippen molar-refractivity contribution >= 4 is 0 Å². The van der Waals surface area contributed by atoms with Gasteiger partial charge in [-0.05, 0) is 45.0 Å². The Morgan fingerprint density at radius 1 is 1.29 bits per heavy atom. The van der Waals surface area contributed by atoms with E-state index in [2.05, 4.69) is 23.5 Å². The van der Waals surface area contributed by atoms with Gasteiger partial charge in [-0.15, -0.1) is 0 Å². The van der Waals surface area contributed by atoms with Crippen molar-refractivity contribution in [3.63, 3.8) is 0 Å². The van der Waals surface area contributed by atoms with Gasteiger partial charge >= 0.3 is 0 Å². The Kier molecular flexibility index (Phi) is 5.45. The SMILES string of the molecule is CNC(COC(C)C)c1ccc(C)c(OC)c1. The molecule has 96 valence electrons. The largest absolute Gasteiger partial charge is 0.496 e. The molecule has 0 saturated heterocycles. The average Bonchev–Trinajstić information content (AvgIpc) is 2.31. The van der Waals surface area contributed by atoms with E-state index in [0.717, 1.165) is 11.3 Å². The highest BCUT2D eigenvalue weighted by molar-refractivity contribution is 5.37. The van der Waals surface area contributed by atoms with Gasteiger partial charge in [-0.1, -0.05) is 12.1 Å². The first-order valence-corrected chi connectivity index (χ1v) is 6.02. The lowest BCUT2D eigenvalue weighted by Gasteiger charge is -2.19. The first-order valence-electron chi connectivity index (χ1n) is 6.02. The molecule has 0 aromatic heterocycles. The Labute approximate surface area is 104 Å². The fourth-order valence-electron chi connectivity index (χ4n) is 1.69. The van der Waals surface area contributed by atoms with Crippen LogP contribution in [0.15, 0.2) is 18.2 Å². The fourth-order valence-corrected chi connectivity index (χ4v) is 1.69. The normalized spacial score (nSPS) is 12.8. The Morgan fingerprint density at radius 3 is 2.53 bits per heavy atom. The molecule has 0 aliphatic carbocycles. The number of nitrogens with one attached hydrogen (secondary N) is 1. The summed E-state index contributed by atoms with van der Waals surface area (Å²) >= 11 is 0. The van der Waals surface area contributed by atoms with Crippen LogP contribution in [-0.4, -0.2) is 26.9 Å². The van der Waals surface area contributed by atoms with Crippen molar-refractivity contribution < 1.29 is 9.47 Å². The number of ether oxygens (including phenoxy) is 2. The topological polar surface area (TPSA) is 30.5 Å². The number of likely N-dealkylation sites (N-methyl/N-ethyl adjacent to an activating group) is 1. The van der Waals surface area contributed by atoms with Gasteiger partial charge in [-0.2, -0.15) is 0 Å². The second kappa shape index (κ2) is 6.62. The maximum Gasteiger partial charge on any atom is 0.122 e. The molecule has 0 aliphatic heterocycles. The summed E-state index contributed by atoms with van der Waals surface area (Å²) in [5.74, 6) is 0.923. The van der Waals surface area contributed by atoms with Crippen LogP contribution < -0.4 is 10.1 Å². The third-order valence-corrected chi connectivity index (χ3v) is 2.78. The van der Waals surface area contributed by atoms with Crippen molar-refractivity contribution in [2.45, 2.75) is 32.9 Å². The molecule has 1 aromatic carbocycles. The highest BCUT2D eigenvalue weighted by Crippen LogP contribution is 2.23.